The number of ether oxygens (including phenoxy) is 1. The molecule has 0 saturated carbocycles. The highest BCUT2D eigenvalue weighted by atomic mass is 16.5. The summed E-state index contributed by atoms with van der Waals surface area (Å²) in [4.78, 5) is 0. The van der Waals surface area contributed by atoms with Crippen molar-refractivity contribution in [3.63, 3.8) is 0 Å². The molecule has 1 atom stereocenters. The van der Waals surface area contributed by atoms with E-state index in [0.717, 1.165) is 38.8 Å². The summed E-state index contributed by atoms with van der Waals surface area (Å²) in [7, 11) is 1.67. The maximum absolute atomic E-state index is 11.0. The molecule has 2 heteroatoms. The van der Waals surface area contributed by atoms with Gasteiger partial charge >= 0.3 is 0 Å². The fourth-order valence-corrected chi connectivity index (χ4v) is 3.93. The van der Waals surface area contributed by atoms with E-state index in [1.165, 1.54) is 10.8 Å². The Labute approximate surface area is 139 Å². The van der Waals surface area contributed by atoms with Crippen LogP contribution in [0.5, 0.6) is 5.75 Å². The van der Waals surface area contributed by atoms with Gasteiger partial charge in [-0.15, -0.1) is 0 Å². The van der Waals surface area contributed by atoms with E-state index >= 15 is 0 Å². The molecule has 116 valence electrons. The first-order chi connectivity index (χ1) is 11.8. The summed E-state index contributed by atoms with van der Waals surface area (Å²) < 4.78 is 5.38. The lowest BCUT2D eigenvalue weighted by Crippen LogP contribution is -1.95. The van der Waals surface area contributed by atoms with Crippen LogP contribution in [0.25, 0.3) is 32.7 Å². The number of aliphatic hydroxyl groups is 1. The molecule has 0 radical (unpaired) electrons. The smallest absolute Gasteiger partial charge is 0.119 e. The first-order valence-electron chi connectivity index (χ1n) is 8.08. The molecule has 0 saturated heterocycles. The molecule has 2 nitrogen and oxygen atoms in total. The van der Waals surface area contributed by atoms with Crippen molar-refractivity contribution in [2.75, 3.05) is 7.11 Å². The third-order valence-corrected chi connectivity index (χ3v) is 5.07. The maximum atomic E-state index is 11.0. The zero-order valence-corrected chi connectivity index (χ0v) is 13.3. The number of fused-ring (bicyclic) bond motifs is 7. The second kappa shape index (κ2) is 4.83. The molecule has 4 aromatic rings. The van der Waals surface area contributed by atoms with E-state index < -0.39 is 6.10 Å². The zero-order chi connectivity index (χ0) is 16.3. The normalized spacial score (nSPS) is 15.5. The molecular weight excluding hydrogens is 296 g/mol. The lowest BCUT2D eigenvalue weighted by molar-refractivity contribution is 0.227. The number of methoxy groups -OCH3 is 1. The number of benzene rings is 4. The van der Waals surface area contributed by atoms with Crippen LogP contribution in [0.3, 0.4) is 0 Å². The van der Waals surface area contributed by atoms with Gasteiger partial charge in [0.15, 0.2) is 0 Å². The first-order valence-corrected chi connectivity index (χ1v) is 8.08. The summed E-state index contributed by atoms with van der Waals surface area (Å²) in [5, 5.41) is 15.6. The standard InChI is InChI=1S/C22H16O2/c1-24-15-9-6-14-7-10-17-20-16-5-3-2-4-13(16)8-11-18(20)22(23)21(17)19(14)12-15/h2-12,22-23H,1H3. The van der Waals surface area contributed by atoms with Crippen LogP contribution in [0, 0.1) is 0 Å². The summed E-state index contributed by atoms with van der Waals surface area (Å²) >= 11 is 0. The Hall–Kier alpha value is -2.84. The van der Waals surface area contributed by atoms with Crippen molar-refractivity contribution < 1.29 is 9.84 Å². The Morgan fingerprint density at radius 1 is 0.833 bits per heavy atom. The van der Waals surface area contributed by atoms with Gasteiger partial charge in [0.1, 0.15) is 11.9 Å². The molecule has 4 aromatic carbocycles. The lowest BCUT2D eigenvalue weighted by Gasteiger charge is -2.11. The van der Waals surface area contributed by atoms with E-state index in [4.69, 9.17) is 4.74 Å². The number of hydrogen-bond acceptors (Lipinski definition) is 2. The number of aliphatic hydroxyl groups excluding tert-OH is 1. The molecule has 0 fully saturated rings. The van der Waals surface area contributed by atoms with E-state index in [2.05, 4.69) is 36.4 Å². The summed E-state index contributed by atoms with van der Waals surface area (Å²) in [6.45, 7) is 0. The maximum Gasteiger partial charge on any atom is 0.119 e. The highest BCUT2D eigenvalue weighted by molar-refractivity contribution is 6.05. The number of hydrogen-bond donors (Lipinski definition) is 1. The van der Waals surface area contributed by atoms with Crippen LogP contribution in [0.2, 0.25) is 0 Å². The average molecular weight is 312 g/mol. The van der Waals surface area contributed by atoms with Crippen LogP contribution < -0.4 is 4.74 Å². The minimum atomic E-state index is -0.601. The Balaban J connectivity index is 1.92. The molecule has 1 aliphatic carbocycles. The highest BCUT2D eigenvalue weighted by Crippen LogP contribution is 2.49. The van der Waals surface area contributed by atoms with Crippen LogP contribution >= 0.6 is 0 Å². The SMILES string of the molecule is COc1ccc2ccc3c(c2c1)C(O)c1ccc2ccccc2c1-3. The van der Waals surface area contributed by atoms with Gasteiger partial charge < -0.3 is 9.84 Å². The van der Waals surface area contributed by atoms with Crippen molar-refractivity contribution in [1.82, 2.24) is 0 Å². The van der Waals surface area contributed by atoms with E-state index in [-0.39, 0.29) is 0 Å². The van der Waals surface area contributed by atoms with Gasteiger partial charge in [-0.3, -0.25) is 0 Å². The van der Waals surface area contributed by atoms with Crippen LogP contribution in [0.1, 0.15) is 17.2 Å². The van der Waals surface area contributed by atoms with Crippen LogP contribution in [-0.2, 0) is 0 Å². The second-order valence-corrected chi connectivity index (χ2v) is 6.27. The summed E-state index contributed by atoms with van der Waals surface area (Å²) in [5.41, 5.74) is 4.24. The molecule has 0 bridgehead atoms. The van der Waals surface area contributed by atoms with Crippen LogP contribution in [0.15, 0.2) is 66.7 Å². The Morgan fingerprint density at radius 2 is 1.58 bits per heavy atom. The van der Waals surface area contributed by atoms with Gasteiger partial charge in [0.2, 0.25) is 0 Å². The third-order valence-electron chi connectivity index (χ3n) is 5.07. The van der Waals surface area contributed by atoms with E-state index in [9.17, 15) is 5.11 Å². The van der Waals surface area contributed by atoms with Gasteiger partial charge in [-0.2, -0.15) is 0 Å². The fourth-order valence-electron chi connectivity index (χ4n) is 3.93. The van der Waals surface area contributed by atoms with Gasteiger partial charge in [0.05, 0.1) is 7.11 Å². The summed E-state index contributed by atoms with van der Waals surface area (Å²) in [6.07, 6.45) is -0.601. The van der Waals surface area contributed by atoms with Gasteiger partial charge in [-0.25, -0.2) is 0 Å². The molecule has 1 N–H and O–H groups in total. The van der Waals surface area contributed by atoms with Crippen molar-refractivity contribution in [2.45, 2.75) is 6.10 Å². The van der Waals surface area contributed by atoms with Crippen molar-refractivity contribution in [3.8, 4) is 16.9 Å². The predicted octanol–water partition coefficient (Wildman–Crippen LogP) is 5.06. The minimum Gasteiger partial charge on any atom is -0.497 e. The Bertz CT molecular complexity index is 1110. The van der Waals surface area contributed by atoms with Gasteiger partial charge in [-0.1, -0.05) is 54.6 Å². The van der Waals surface area contributed by atoms with Gasteiger partial charge in [-0.05, 0) is 50.4 Å². The van der Waals surface area contributed by atoms with Gasteiger partial charge in [0, 0.05) is 5.56 Å². The molecule has 1 aliphatic rings. The monoisotopic (exact) mass is 312 g/mol. The topological polar surface area (TPSA) is 29.5 Å². The quantitative estimate of drug-likeness (QED) is 0.532. The number of rotatable bonds is 1. The highest BCUT2D eigenvalue weighted by Gasteiger charge is 2.30. The summed E-state index contributed by atoms with van der Waals surface area (Å²) in [6, 6.07) is 22.8. The van der Waals surface area contributed by atoms with Crippen LogP contribution in [0.4, 0.5) is 0 Å². The molecule has 5 rings (SSSR count). The molecule has 24 heavy (non-hydrogen) atoms. The van der Waals surface area contributed by atoms with Crippen molar-refractivity contribution in [2.24, 2.45) is 0 Å². The molecular formula is C22H16O2. The van der Waals surface area contributed by atoms with E-state index in [0.29, 0.717) is 0 Å². The molecule has 0 spiro atoms. The molecule has 0 aromatic heterocycles. The van der Waals surface area contributed by atoms with E-state index in [1.807, 2.05) is 30.3 Å². The Kier molecular flexibility index (Phi) is 2.73. The van der Waals surface area contributed by atoms with Crippen LogP contribution in [-0.4, -0.2) is 12.2 Å². The van der Waals surface area contributed by atoms with Crippen molar-refractivity contribution >= 4 is 21.5 Å². The fraction of sp³-hybridized carbons (Fsp3) is 0.0909. The van der Waals surface area contributed by atoms with Crippen molar-refractivity contribution in [1.29, 1.82) is 0 Å². The molecule has 0 aliphatic heterocycles. The largest absolute Gasteiger partial charge is 0.497 e. The minimum absolute atomic E-state index is 0.601. The lowest BCUT2D eigenvalue weighted by atomic mass is 9.96. The molecule has 0 heterocycles. The van der Waals surface area contributed by atoms with E-state index in [1.54, 1.807) is 7.11 Å². The second-order valence-electron chi connectivity index (χ2n) is 6.27. The first kappa shape index (κ1) is 13.6. The summed E-state index contributed by atoms with van der Waals surface area (Å²) in [5.74, 6) is 0.809. The zero-order valence-electron chi connectivity index (χ0n) is 13.3. The van der Waals surface area contributed by atoms with Crippen molar-refractivity contribution in [3.05, 3.63) is 77.9 Å². The average Bonchev–Trinajstić information content (AvgIpc) is 2.94. The molecule has 1 unspecified atom stereocenters. The molecule has 0 amide bonds. The predicted molar refractivity (Wildman–Crippen MR) is 97.5 cm³/mol. The third kappa shape index (κ3) is 1.69. The van der Waals surface area contributed by atoms with Gasteiger partial charge in [0.25, 0.3) is 0 Å². The Morgan fingerprint density at radius 3 is 2.46 bits per heavy atom.